The molecule has 0 unspecified atom stereocenters. The predicted octanol–water partition coefficient (Wildman–Crippen LogP) is 4.92. The van der Waals surface area contributed by atoms with Gasteiger partial charge in [-0.2, -0.15) is 0 Å². The Morgan fingerprint density at radius 1 is 1.12 bits per heavy atom. The number of carbonyl (C=O) groups is 1. The molecule has 7 heteroatoms. The Labute approximate surface area is 206 Å². The van der Waals surface area contributed by atoms with Gasteiger partial charge in [-0.3, -0.25) is 4.79 Å². The molecule has 0 saturated carbocycles. The fourth-order valence-corrected chi connectivity index (χ4v) is 5.90. The van der Waals surface area contributed by atoms with Crippen LogP contribution in [0.2, 0.25) is 0 Å². The number of anilines is 1. The number of pyridine rings is 1. The van der Waals surface area contributed by atoms with Crippen LogP contribution in [0.5, 0.6) is 0 Å². The van der Waals surface area contributed by atoms with Gasteiger partial charge in [0.1, 0.15) is 11.5 Å². The highest BCUT2D eigenvalue weighted by Gasteiger charge is 2.23. The third-order valence-corrected chi connectivity index (χ3v) is 8.37. The van der Waals surface area contributed by atoms with Gasteiger partial charge in [0.15, 0.2) is 0 Å². The highest BCUT2D eigenvalue weighted by Crippen LogP contribution is 2.32. The number of fused-ring (bicyclic) bond motifs is 1. The smallest absolute Gasteiger partial charge is 0.268 e. The molecule has 2 aromatic heterocycles. The number of rotatable bonds is 6. The van der Waals surface area contributed by atoms with Crippen molar-refractivity contribution in [2.45, 2.75) is 51.2 Å². The Morgan fingerprint density at radius 2 is 1.82 bits per heavy atom. The van der Waals surface area contributed by atoms with Crippen LogP contribution in [-0.2, 0) is 26.7 Å². The maximum atomic E-state index is 13.2. The van der Waals surface area contributed by atoms with Crippen LogP contribution in [0.1, 0.15) is 52.6 Å². The summed E-state index contributed by atoms with van der Waals surface area (Å²) < 4.78 is 4.44. The number of hydrogen-bond donors (Lipinski definition) is 1. The molecule has 6 nitrogen and oxygen atoms in total. The summed E-state index contributed by atoms with van der Waals surface area (Å²) in [7, 11) is 1.98. The van der Waals surface area contributed by atoms with Crippen molar-refractivity contribution in [3.63, 3.8) is 0 Å². The van der Waals surface area contributed by atoms with Crippen molar-refractivity contribution in [3.05, 3.63) is 76.7 Å². The summed E-state index contributed by atoms with van der Waals surface area (Å²) in [6.45, 7) is 8.77. The van der Waals surface area contributed by atoms with Crippen molar-refractivity contribution < 1.29 is 4.79 Å². The molecule has 178 valence electrons. The maximum absolute atomic E-state index is 13.2. The molecule has 4 heterocycles. The number of aromatic nitrogens is 2. The summed E-state index contributed by atoms with van der Waals surface area (Å²) >= 11 is 1.79. The summed E-state index contributed by atoms with van der Waals surface area (Å²) in [5.41, 5.74) is 5.55. The first-order valence-electron chi connectivity index (χ1n) is 12.1. The van der Waals surface area contributed by atoms with E-state index >= 15 is 0 Å². The summed E-state index contributed by atoms with van der Waals surface area (Å²) in [6.07, 6.45) is 4.30. The molecule has 1 N–H and O–H groups in total. The lowest BCUT2D eigenvalue weighted by Gasteiger charge is -2.28. The van der Waals surface area contributed by atoms with E-state index in [0.29, 0.717) is 12.2 Å². The molecule has 34 heavy (non-hydrogen) atoms. The van der Waals surface area contributed by atoms with Gasteiger partial charge in [-0.1, -0.05) is 37.3 Å². The fraction of sp³-hybridized carbons (Fsp3) is 0.407. The molecule has 0 spiro atoms. The predicted molar refractivity (Wildman–Crippen MR) is 138 cm³/mol. The Balaban J connectivity index is 1.26. The third-order valence-electron chi connectivity index (χ3n) is 7.14. The van der Waals surface area contributed by atoms with Gasteiger partial charge in [-0.15, -0.1) is 0 Å². The molecule has 1 saturated heterocycles. The van der Waals surface area contributed by atoms with E-state index in [0.717, 1.165) is 49.2 Å². The van der Waals surface area contributed by atoms with Crippen LogP contribution >= 0.6 is 11.9 Å². The number of hydrogen-bond acceptors (Lipinski definition) is 5. The molecular formula is C27H33N5OS. The van der Waals surface area contributed by atoms with Crippen LogP contribution in [0.3, 0.4) is 0 Å². The first-order valence-corrected chi connectivity index (χ1v) is 12.9. The summed E-state index contributed by atoms with van der Waals surface area (Å²) in [4.78, 5) is 21.3. The molecule has 3 aromatic rings. The summed E-state index contributed by atoms with van der Waals surface area (Å²) in [5, 5.41) is 3.14. The lowest BCUT2D eigenvalue weighted by molar-refractivity contribution is 0.0942. The van der Waals surface area contributed by atoms with E-state index in [4.69, 9.17) is 0 Å². The van der Waals surface area contributed by atoms with Gasteiger partial charge < -0.3 is 14.8 Å². The molecule has 0 bridgehead atoms. The first kappa shape index (κ1) is 23.0. The van der Waals surface area contributed by atoms with Crippen LogP contribution in [0.4, 0.5) is 5.82 Å². The zero-order chi connectivity index (χ0) is 23.7. The zero-order valence-corrected chi connectivity index (χ0v) is 21.1. The minimum Gasteiger partial charge on any atom is -0.348 e. The number of carbonyl (C=O) groups excluding carboxylic acids is 1. The maximum Gasteiger partial charge on any atom is 0.268 e. The molecule has 2 aliphatic heterocycles. The van der Waals surface area contributed by atoms with Gasteiger partial charge in [0.25, 0.3) is 5.91 Å². The van der Waals surface area contributed by atoms with Crippen molar-refractivity contribution in [2.75, 3.05) is 18.0 Å². The Morgan fingerprint density at radius 3 is 2.53 bits per heavy atom. The summed E-state index contributed by atoms with van der Waals surface area (Å²) in [5.74, 6) is 1.70. The van der Waals surface area contributed by atoms with Gasteiger partial charge in [0, 0.05) is 62.1 Å². The average Bonchev–Trinajstić information content (AvgIpc) is 3.41. The van der Waals surface area contributed by atoms with Crippen LogP contribution in [0.25, 0.3) is 0 Å². The molecule has 0 radical (unpaired) electrons. The normalized spacial score (nSPS) is 16.6. The minimum absolute atomic E-state index is 0.0516. The van der Waals surface area contributed by atoms with Crippen molar-refractivity contribution in [1.82, 2.24) is 19.2 Å². The number of amides is 1. The molecule has 0 atom stereocenters. The Hall–Kier alpha value is -2.77. The molecule has 0 aliphatic carbocycles. The molecule has 1 fully saturated rings. The van der Waals surface area contributed by atoms with Crippen molar-refractivity contribution >= 4 is 23.7 Å². The SMILES string of the molecule is Cc1c(SN2CCC(C)CC2)cc(C(=O)NCc2cccnc2N2Cc3ccccc3C2)n1C. The van der Waals surface area contributed by atoms with E-state index in [9.17, 15) is 4.79 Å². The second kappa shape index (κ2) is 9.84. The molecule has 5 rings (SSSR count). The van der Waals surface area contributed by atoms with Crippen LogP contribution in [0.15, 0.2) is 53.6 Å². The molecule has 1 amide bonds. The van der Waals surface area contributed by atoms with Crippen LogP contribution in [0, 0.1) is 12.8 Å². The number of nitrogens with one attached hydrogen (secondary N) is 1. The van der Waals surface area contributed by atoms with Crippen molar-refractivity contribution in [3.8, 4) is 0 Å². The van der Waals surface area contributed by atoms with E-state index in [1.165, 1.54) is 28.9 Å². The Kier molecular flexibility index (Phi) is 6.66. The monoisotopic (exact) mass is 475 g/mol. The third kappa shape index (κ3) is 4.72. The summed E-state index contributed by atoms with van der Waals surface area (Å²) in [6, 6.07) is 14.6. The van der Waals surface area contributed by atoms with Crippen molar-refractivity contribution in [1.29, 1.82) is 0 Å². The van der Waals surface area contributed by atoms with Gasteiger partial charge >= 0.3 is 0 Å². The number of benzene rings is 1. The minimum atomic E-state index is -0.0516. The van der Waals surface area contributed by atoms with E-state index in [-0.39, 0.29) is 5.91 Å². The second-order valence-electron chi connectivity index (χ2n) is 9.53. The second-order valence-corrected chi connectivity index (χ2v) is 10.7. The molecular weight excluding hydrogens is 442 g/mol. The number of nitrogens with zero attached hydrogens (tertiary/aromatic N) is 4. The standard InChI is InChI=1S/C27H33N5OS/c1-19-10-13-32(14-11-19)34-25-15-24(30(3)20(25)2)27(33)29-16-21-9-6-12-28-26(21)31-17-22-7-4-5-8-23(22)18-31/h4-9,12,15,19H,10-11,13-14,16-18H2,1-3H3,(H,29,33). The lowest BCUT2D eigenvalue weighted by atomic mass is 10.0. The topological polar surface area (TPSA) is 53.4 Å². The largest absolute Gasteiger partial charge is 0.348 e. The van der Waals surface area contributed by atoms with Gasteiger partial charge in [-0.05, 0) is 60.9 Å². The fourth-order valence-electron chi connectivity index (χ4n) is 4.80. The molecule has 2 aliphatic rings. The van der Waals surface area contributed by atoms with Crippen LogP contribution < -0.4 is 10.2 Å². The lowest BCUT2D eigenvalue weighted by Crippen LogP contribution is -2.27. The highest BCUT2D eigenvalue weighted by molar-refractivity contribution is 7.97. The van der Waals surface area contributed by atoms with E-state index in [2.05, 4.69) is 63.7 Å². The first-order chi connectivity index (χ1) is 16.5. The van der Waals surface area contributed by atoms with Gasteiger partial charge in [0.05, 0.1) is 0 Å². The highest BCUT2D eigenvalue weighted by atomic mass is 32.2. The van der Waals surface area contributed by atoms with Crippen molar-refractivity contribution in [2.24, 2.45) is 13.0 Å². The Bertz CT molecular complexity index is 1160. The van der Waals surface area contributed by atoms with Gasteiger partial charge in [-0.25, -0.2) is 9.29 Å². The van der Waals surface area contributed by atoms with E-state index in [1.807, 2.05) is 29.9 Å². The quantitative estimate of drug-likeness (QED) is 0.513. The average molecular weight is 476 g/mol. The van der Waals surface area contributed by atoms with Crippen LogP contribution in [-0.4, -0.2) is 32.9 Å². The van der Waals surface area contributed by atoms with E-state index < -0.39 is 0 Å². The van der Waals surface area contributed by atoms with Gasteiger partial charge in [0.2, 0.25) is 0 Å². The zero-order valence-electron chi connectivity index (χ0n) is 20.3. The molecule has 1 aromatic carbocycles. The van der Waals surface area contributed by atoms with E-state index in [1.54, 1.807) is 11.9 Å². The number of piperidine rings is 1.